The van der Waals surface area contributed by atoms with Crippen molar-refractivity contribution in [2.75, 3.05) is 0 Å². The van der Waals surface area contributed by atoms with E-state index >= 15 is 0 Å². The van der Waals surface area contributed by atoms with Gasteiger partial charge in [0.05, 0.1) is 64.6 Å². The molecule has 0 unspecified atom stereocenters. The Bertz CT molecular complexity index is 5260. The van der Waals surface area contributed by atoms with Crippen LogP contribution in [0.1, 0.15) is 42.5 Å². The monoisotopic (exact) mass is 744 g/mol. The molecule has 5 heteroatoms. The first kappa shape index (κ1) is 13.3. The molecule has 0 radical (unpaired) electrons. The van der Waals surface area contributed by atoms with Crippen molar-refractivity contribution in [3.63, 3.8) is 0 Å². The molecule has 260 valence electrons. The molecule has 12 aromatic rings. The highest BCUT2D eigenvalue weighted by Gasteiger charge is 2.23. The summed E-state index contributed by atoms with van der Waals surface area (Å²) in [5.41, 5.74) is -5.19. The highest BCUT2D eigenvalue weighted by molar-refractivity contribution is 6.27. The van der Waals surface area contributed by atoms with E-state index in [2.05, 4.69) is 15.0 Å². The molecule has 0 bridgehead atoms. The lowest BCUT2D eigenvalue weighted by Crippen LogP contribution is -2.06. The first-order chi connectivity index (χ1) is 40.7. The highest BCUT2D eigenvalue weighted by Crippen LogP contribution is 2.42. The van der Waals surface area contributed by atoms with Crippen LogP contribution in [0.15, 0.2) is 187 Å². The molecule has 0 aliphatic rings. The lowest BCUT2D eigenvalue weighted by molar-refractivity contribution is 0.954. The average molecular weight is 745 g/mol. The highest BCUT2D eigenvalue weighted by atomic mass is 15.2. The van der Waals surface area contributed by atoms with Gasteiger partial charge < -0.3 is 4.57 Å². The molecular weight excluding hydrogens is 683 g/mol. The molecule has 0 aliphatic carbocycles. The maximum absolute atomic E-state index is 10.0. The van der Waals surface area contributed by atoms with Crippen LogP contribution in [0.3, 0.4) is 0 Å². The third-order valence-electron chi connectivity index (χ3n) is 9.16. The standard InChI is InChI=1S/C51H31N5/c1-3-15-32(16-4-1)49-52-50(33-27-28-39-37-21-8-7-19-35(37)36-20-9-10-22-38(36)43(39)31-33)54-51(53-49)56-45-26-14-12-24-42(45)47-46(56)30-29-41-40-23-11-13-25-44(40)55(48(41)47)34-17-5-2-6-18-34/h1-31H/i1D,2D,3D,4D,5D,6D,7D,8D,9D,10D,11D,12D,13D,14D,15D,16D,17D,18D,19D,20D,21D,22D,23D,24D,25D,26D,27D,28D,29D,30D,31D. The van der Waals surface area contributed by atoms with Crippen LogP contribution in [0, 0.1) is 0 Å². The predicted octanol–water partition coefficient (Wildman–Crippen LogP) is 12.9. The zero-order valence-electron chi connectivity index (χ0n) is 58.7. The molecule has 0 aliphatic heterocycles. The molecule has 0 spiro atoms. The fraction of sp³-hybridized carbons (Fsp3) is 0. The van der Waals surface area contributed by atoms with Crippen molar-refractivity contribution in [1.82, 2.24) is 24.1 Å². The summed E-state index contributed by atoms with van der Waals surface area (Å²) in [6.07, 6.45) is 0. The quantitative estimate of drug-likeness (QED) is 0.169. The second-order valence-electron chi connectivity index (χ2n) is 12.1. The van der Waals surface area contributed by atoms with Gasteiger partial charge in [0.2, 0.25) is 5.95 Å². The molecule has 3 heterocycles. The van der Waals surface area contributed by atoms with Gasteiger partial charge in [-0.15, -0.1) is 0 Å². The minimum Gasteiger partial charge on any atom is -0.309 e. The predicted molar refractivity (Wildman–Crippen MR) is 232 cm³/mol. The smallest absolute Gasteiger partial charge is 0.238 e. The van der Waals surface area contributed by atoms with Crippen LogP contribution in [0.4, 0.5) is 0 Å². The molecule has 0 atom stereocenters. The normalized spacial score (nSPS) is 19.7. The molecule has 5 nitrogen and oxygen atoms in total. The summed E-state index contributed by atoms with van der Waals surface area (Å²) in [5.74, 6) is -2.90. The van der Waals surface area contributed by atoms with Crippen LogP contribution in [0.5, 0.6) is 0 Å². The van der Waals surface area contributed by atoms with Crippen LogP contribution < -0.4 is 0 Å². The number of fused-ring (bicyclic) bond motifs is 13. The van der Waals surface area contributed by atoms with Crippen molar-refractivity contribution >= 4 is 75.9 Å². The summed E-state index contributed by atoms with van der Waals surface area (Å²) in [6.45, 7) is 0. The summed E-state index contributed by atoms with van der Waals surface area (Å²) in [5, 5.41) is -5.74. The summed E-state index contributed by atoms with van der Waals surface area (Å²) in [4.78, 5) is 13.5. The minimum absolute atomic E-state index is 0.504. The molecule has 0 amide bonds. The second-order valence-corrected chi connectivity index (χ2v) is 12.1. The number of nitrogens with zero attached hydrogens (tertiary/aromatic N) is 5. The van der Waals surface area contributed by atoms with Crippen molar-refractivity contribution in [3.8, 4) is 34.4 Å². The Hall–Kier alpha value is -7.63. The van der Waals surface area contributed by atoms with Crippen molar-refractivity contribution in [2.45, 2.75) is 0 Å². The van der Waals surface area contributed by atoms with Crippen LogP contribution in [0.2, 0.25) is 0 Å². The molecule has 0 saturated heterocycles. The van der Waals surface area contributed by atoms with Crippen LogP contribution in [-0.2, 0) is 0 Å². The van der Waals surface area contributed by atoms with E-state index < -0.39 is 298 Å². The topological polar surface area (TPSA) is 48.5 Å². The van der Waals surface area contributed by atoms with Crippen LogP contribution >= 0.6 is 0 Å². The number of hydrogen-bond donors (Lipinski definition) is 0. The molecule has 0 saturated carbocycles. The maximum Gasteiger partial charge on any atom is 0.238 e. The van der Waals surface area contributed by atoms with E-state index in [-0.39, 0.29) is 0 Å². The second kappa shape index (κ2) is 11.9. The first-order valence-electron chi connectivity index (χ1n) is 31.9. The van der Waals surface area contributed by atoms with Crippen molar-refractivity contribution in [2.24, 2.45) is 0 Å². The number of aromatic nitrogens is 5. The number of rotatable bonds is 4. The molecule has 12 rings (SSSR count). The fourth-order valence-electron chi connectivity index (χ4n) is 6.92. The summed E-state index contributed by atoms with van der Waals surface area (Å²) >= 11 is 0. The van der Waals surface area contributed by atoms with Gasteiger partial charge in [-0.2, -0.15) is 9.97 Å². The lowest BCUT2D eigenvalue weighted by Gasteiger charge is -2.13. The molecule has 0 N–H and O–H groups in total. The van der Waals surface area contributed by atoms with Gasteiger partial charge in [-0.05, 0) is 68.6 Å². The summed E-state index contributed by atoms with van der Waals surface area (Å²) in [6, 6.07) is -28.9. The molecule has 9 aromatic carbocycles. The van der Waals surface area contributed by atoms with E-state index in [4.69, 9.17) is 26.0 Å². The van der Waals surface area contributed by atoms with Crippen molar-refractivity contribution in [1.29, 1.82) is 0 Å². The van der Waals surface area contributed by atoms with E-state index in [9.17, 15) is 16.4 Å². The van der Waals surface area contributed by atoms with Gasteiger partial charge >= 0.3 is 0 Å². The van der Waals surface area contributed by atoms with Gasteiger partial charge in [-0.1, -0.05) is 151 Å². The zero-order chi connectivity index (χ0) is 63.7. The van der Waals surface area contributed by atoms with Gasteiger partial charge in [-0.3, -0.25) is 4.57 Å². The Morgan fingerprint density at radius 2 is 0.839 bits per heavy atom. The zero-order valence-corrected chi connectivity index (χ0v) is 27.7. The van der Waals surface area contributed by atoms with Crippen molar-refractivity contribution in [3.05, 3.63) is 187 Å². The molecule has 3 aromatic heterocycles. The fourth-order valence-corrected chi connectivity index (χ4v) is 6.92. The Morgan fingerprint density at radius 1 is 0.339 bits per heavy atom. The number of benzene rings is 9. The van der Waals surface area contributed by atoms with Crippen molar-refractivity contribution < 1.29 is 42.5 Å². The minimum atomic E-state index is -1.05. The average Bonchev–Trinajstić information content (AvgIpc) is 1.63. The molecule has 56 heavy (non-hydrogen) atoms. The van der Waals surface area contributed by atoms with E-state index in [1.807, 2.05) is 0 Å². The van der Waals surface area contributed by atoms with E-state index in [0.717, 1.165) is 9.13 Å². The largest absolute Gasteiger partial charge is 0.309 e. The Labute approximate surface area is 364 Å². The van der Waals surface area contributed by atoms with Gasteiger partial charge in [0.1, 0.15) is 0 Å². The maximum atomic E-state index is 10.0. The third-order valence-corrected chi connectivity index (χ3v) is 9.16. The first-order valence-corrected chi connectivity index (χ1v) is 16.4. The Morgan fingerprint density at radius 3 is 1.52 bits per heavy atom. The van der Waals surface area contributed by atoms with Gasteiger partial charge in [0, 0.05) is 38.4 Å². The van der Waals surface area contributed by atoms with Crippen LogP contribution in [0.25, 0.3) is 110 Å². The number of para-hydroxylation sites is 3. The van der Waals surface area contributed by atoms with Gasteiger partial charge in [0.15, 0.2) is 11.6 Å². The van der Waals surface area contributed by atoms with E-state index in [1.165, 1.54) is 0 Å². The summed E-state index contributed by atoms with van der Waals surface area (Å²) in [7, 11) is 0. The van der Waals surface area contributed by atoms with Gasteiger partial charge in [0.25, 0.3) is 0 Å². The molecule has 0 fully saturated rings. The number of hydrogen-bond acceptors (Lipinski definition) is 3. The summed E-state index contributed by atoms with van der Waals surface area (Å²) < 4.78 is 282. The molecular formula is C51H31N5. The lowest BCUT2D eigenvalue weighted by atomic mass is 9.93. The van der Waals surface area contributed by atoms with Gasteiger partial charge in [-0.25, -0.2) is 4.98 Å². The van der Waals surface area contributed by atoms with Crippen LogP contribution in [-0.4, -0.2) is 24.1 Å². The Kier molecular flexibility index (Phi) is 2.83. The third kappa shape index (κ3) is 4.46. The SMILES string of the molecule is [2H]c1c([2H])c([2H])c(-c2nc(-c3c([2H])c([2H])c4c5c([2H])c([2H])c([2H])c([2H])c5c5c([2H])c([2H])c([2H])c([2H])c5c4c3[2H])nc(-n3c4c([2H])c([2H])c([2H])c([2H])c4c4c3c([2H])c([2H])c3c5c([2H])c([2H])c([2H])c([2H])c5n(-c5c([2H])c([2H])c([2H])c([2H])c5[2H])c34)n2)c([2H])c1[2H]. The van der Waals surface area contributed by atoms with E-state index in [0.29, 0.717) is 0 Å². The van der Waals surface area contributed by atoms with E-state index in [1.54, 1.807) is 0 Å². The Balaban J connectivity index is 1.37.